The van der Waals surface area contributed by atoms with Crippen molar-refractivity contribution in [2.45, 2.75) is 38.6 Å². The molecule has 0 radical (unpaired) electrons. The van der Waals surface area contributed by atoms with E-state index in [1.54, 1.807) is 7.11 Å². The molecule has 23 heavy (non-hydrogen) atoms. The molecule has 0 bridgehead atoms. The SMILES string of the molecule is CCN1CCCCC1CNC(=NC)NCCN(C)CCCOC. The second-order valence-electron chi connectivity index (χ2n) is 6.31. The van der Waals surface area contributed by atoms with Gasteiger partial charge < -0.3 is 20.3 Å². The third-order valence-electron chi connectivity index (χ3n) is 4.56. The Hall–Kier alpha value is -0.850. The van der Waals surface area contributed by atoms with Crippen molar-refractivity contribution in [3.63, 3.8) is 0 Å². The van der Waals surface area contributed by atoms with E-state index in [9.17, 15) is 0 Å². The van der Waals surface area contributed by atoms with Crippen LogP contribution in [0.1, 0.15) is 32.6 Å². The highest BCUT2D eigenvalue weighted by atomic mass is 16.5. The maximum absolute atomic E-state index is 5.08. The summed E-state index contributed by atoms with van der Waals surface area (Å²) >= 11 is 0. The number of nitrogens with one attached hydrogen (secondary N) is 2. The molecule has 1 aliphatic heterocycles. The maximum atomic E-state index is 5.08. The number of hydrogen-bond acceptors (Lipinski definition) is 4. The lowest BCUT2D eigenvalue weighted by atomic mass is 10.0. The predicted octanol–water partition coefficient (Wildman–Crippen LogP) is 0.994. The topological polar surface area (TPSA) is 52.1 Å². The van der Waals surface area contributed by atoms with Crippen LogP contribution in [0.25, 0.3) is 0 Å². The molecule has 0 aromatic rings. The third-order valence-corrected chi connectivity index (χ3v) is 4.56. The van der Waals surface area contributed by atoms with E-state index in [2.05, 4.69) is 39.4 Å². The Morgan fingerprint density at radius 3 is 2.83 bits per heavy atom. The van der Waals surface area contributed by atoms with Crippen LogP contribution >= 0.6 is 0 Å². The van der Waals surface area contributed by atoms with E-state index in [0.717, 1.165) is 51.7 Å². The Kier molecular flexibility index (Phi) is 11.0. The highest BCUT2D eigenvalue weighted by molar-refractivity contribution is 5.79. The van der Waals surface area contributed by atoms with Crippen LogP contribution < -0.4 is 10.6 Å². The van der Waals surface area contributed by atoms with Crippen molar-refractivity contribution in [1.29, 1.82) is 0 Å². The first kappa shape index (κ1) is 20.2. The summed E-state index contributed by atoms with van der Waals surface area (Å²) in [5.74, 6) is 0.914. The Morgan fingerprint density at radius 2 is 2.13 bits per heavy atom. The molecule has 1 rings (SSSR count). The van der Waals surface area contributed by atoms with E-state index in [4.69, 9.17) is 4.74 Å². The van der Waals surface area contributed by atoms with Crippen LogP contribution in [-0.4, -0.2) is 88.9 Å². The molecule has 1 saturated heterocycles. The van der Waals surface area contributed by atoms with Gasteiger partial charge in [-0.15, -0.1) is 0 Å². The fourth-order valence-corrected chi connectivity index (χ4v) is 3.10. The molecule has 136 valence electrons. The Balaban J connectivity index is 2.19. The summed E-state index contributed by atoms with van der Waals surface area (Å²) in [5, 5.41) is 6.90. The minimum absolute atomic E-state index is 0.643. The summed E-state index contributed by atoms with van der Waals surface area (Å²) in [6.45, 7) is 9.43. The van der Waals surface area contributed by atoms with Crippen molar-refractivity contribution in [3.8, 4) is 0 Å². The van der Waals surface area contributed by atoms with Gasteiger partial charge in [-0.2, -0.15) is 0 Å². The molecule has 6 heteroatoms. The molecule has 1 unspecified atom stereocenters. The largest absolute Gasteiger partial charge is 0.385 e. The highest BCUT2D eigenvalue weighted by Gasteiger charge is 2.20. The number of piperidine rings is 1. The second kappa shape index (κ2) is 12.6. The summed E-state index contributed by atoms with van der Waals surface area (Å²) in [5.41, 5.74) is 0. The van der Waals surface area contributed by atoms with Gasteiger partial charge in [0.15, 0.2) is 5.96 Å². The molecule has 0 aromatic carbocycles. The third kappa shape index (κ3) is 8.53. The number of ether oxygens (including phenoxy) is 1. The predicted molar refractivity (Wildman–Crippen MR) is 98.2 cm³/mol. The van der Waals surface area contributed by atoms with Crippen molar-refractivity contribution < 1.29 is 4.74 Å². The summed E-state index contributed by atoms with van der Waals surface area (Å²) in [6, 6.07) is 0.643. The molecule has 1 aliphatic rings. The molecule has 0 amide bonds. The first-order chi connectivity index (χ1) is 11.2. The number of likely N-dealkylation sites (tertiary alicyclic amines) is 1. The van der Waals surface area contributed by atoms with Gasteiger partial charge >= 0.3 is 0 Å². The van der Waals surface area contributed by atoms with Crippen molar-refractivity contribution in [2.24, 2.45) is 4.99 Å². The van der Waals surface area contributed by atoms with Crippen LogP contribution in [0.3, 0.4) is 0 Å². The second-order valence-corrected chi connectivity index (χ2v) is 6.31. The van der Waals surface area contributed by atoms with Gasteiger partial charge in [0.25, 0.3) is 0 Å². The van der Waals surface area contributed by atoms with Crippen LogP contribution in [0.5, 0.6) is 0 Å². The van der Waals surface area contributed by atoms with Gasteiger partial charge in [0.1, 0.15) is 0 Å². The monoisotopic (exact) mass is 327 g/mol. The number of guanidine groups is 1. The van der Waals surface area contributed by atoms with Crippen molar-refractivity contribution in [1.82, 2.24) is 20.4 Å². The first-order valence-electron chi connectivity index (χ1n) is 9.07. The van der Waals surface area contributed by atoms with E-state index in [1.807, 2.05) is 7.05 Å². The average molecular weight is 328 g/mol. The van der Waals surface area contributed by atoms with Gasteiger partial charge in [-0.05, 0) is 39.4 Å². The number of nitrogens with zero attached hydrogens (tertiary/aromatic N) is 3. The zero-order chi connectivity index (χ0) is 16.9. The van der Waals surface area contributed by atoms with E-state index < -0.39 is 0 Å². The van der Waals surface area contributed by atoms with E-state index in [-0.39, 0.29) is 0 Å². The zero-order valence-corrected chi connectivity index (χ0v) is 15.6. The fourth-order valence-electron chi connectivity index (χ4n) is 3.10. The number of hydrogen-bond donors (Lipinski definition) is 2. The van der Waals surface area contributed by atoms with Crippen molar-refractivity contribution in [3.05, 3.63) is 0 Å². The Bertz CT molecular complexity index is 324. The molecule has 1 atom stereocenters. The molecular weight excluding hydrogens is 290 g/mol. The first-order valence-corrected chi connectivity index (χ1v) is 9.07. The van der Waals surface area contributed by atoms with Crippen molar-refractivity contribution in [2.75, 3.05) is 67.1 Å². The molecule has 0 spiro atoms. The molecule has 0 saturated carbocycles. The van der Waals surface area contributed by atoms with Gasteiger partial charge in [-0.25, -0.2) is 0 Å². The molecule has 0 aromatic heterocycles. The molecule has 2 N–H and O–H groups in total. The lowest BCUT2D eigenvalue weighted by Gasteiger charge is -2.35. The Labute approximate surface area is 142 Å². The number of aliphatic imine (C=N–C) groups is 1. The standard InChI is InChI=1S/C17H37N5O/c1-5-22-12-7-6-9-16(22)15-20-17(18-2)19-10-13-21(3)11-8-14-23-4/h16H,5-15H2,1-4H3,(H2,18,19,20). The summed E-state index contributed by atoms with van der Waals surface area (Å²) < 4.78 is 5.08. The van der Waals surface area contributed by atoms with E-state index >= 15 is 0 Å². The van der Waals surface area contributed by atoms with E-state index in [0.29, 0.717) is 6.04 Å². The van der Waals surface area contributed by atoms with Crippen LogP contribution in [0.4, 0.5) is 0 Å². The zero-order valence-electron chi connectivity index (χ0n) is 15.6. The average Bonchev–Trinajstić information content (AvgIpc) is 2.58. The molecule has 1 fully saturated rings. The fraction of sp³-hybridized carbons (Fsp3) is 0.941. The molecule has 0 aliphatic carbocycles. The van der Waals surface area contributed by atoms with Crippen LogP contribution in [0, 0.1) is 0 Å². The molecule has 1 heterocycles. The van der Waals surface area contributed by atoms with Gasteiger partial charge in [0, 0.05) is 53.0 Å². The number of rotatable bonds is 10. The van der Waals surface area contributed by atoms with Crippen LogP contribution in [0.15, 0.2) is 4.99 Å². The van der Waals surface area contributed by atoms with Crippen molar-refractivity contribution >= 4 is 5.96 Å². The summed E-state index contributed by atoms with van der Waals surface area (Å²) in [7, 11) is 5.74. The highest BCUT2D eigenvalue weighted by Crippen LogP contribution is 2.15. The lowest BCUT2D eigenvalue weighted by Crippen LogP contribution is -2.49. The quantitative estimate of drug-likeness (QED) is 0.356. The smallest absolute Gasteiger partial charge is 0.191 e. The number of likely N-dealkylation sites (N-methyl/N-ethyl adjacent to an activating group) is 2. The van der Waals surface area contributed by atoms with Gasteiger partial charge in [0.2, 0.25) is 0 Å². The van der Waals surface area contributed by atoms with E-state index in [1.165, 1.54) is 25.8 Å². The van der Waals surface area contributed by atoms with Gasteiger partial charge in [0.05, 0.1) is 0 Å². The maximum Gasteiger partial charge on any atom is 0.191 e. The van der Waals surface area contributed by atoms with Crippen LogP contribution in [0.2, 0.25) is 0 Å². The lowest BCUT2D eigenvalue weighted by molar-refractivity contribution is 0.157. The Morgan fingerprint density at radius 1 is 1.30 bits per heavy atom. The van der Waals surface area contributed by atoms with Gasteiger partial charge in [-0.3, -0.25) is 9.89 Å². The number of methoxy groups -OCH3 is 1. The minimum Gasteiger partial charge on any atom is -0.385 e. The molecule has 6 nitrogen and oxygen atoms in total. The summed E-state index contributed by atoms with van der Waals surface area (Å²) in [4.78, 5) is 9.23. The summed E-state index contributed by atoms with van der Waals surface area (Å²) in [6.07, 6.45) is 5.06. The van der Waals surface area contributed by atoms with Crippen LogP contribution in [-0.2, 0) is 4.74 Å². The van der Waals surface area contributed by atoms with Gasteiger partial charge in [-0.1, -0.05) is 13.3 Å². The normalized spacial score (nSPS) is 20.0. The minimum atomic E-state index is 0.643. The molecular formula is C17H37N5O.